The molecule has 0 spiro atoms. The average molecular weight is 320 g/mol. The lowest BCUT2D eigenvalue weighted by Crippen LogP contribution is -2.33. The van der Waals surface area contributed by atoms with Crippen molar-refractivity contribution in [3.8, 4) is 0 Å². The molecule has 7 heteroatoms. The fraction of sp³-hybridized carbons (Fsp3) is 0.538. The van der Waals surface area contributed by atoms with E-state index in [4.69, 9.17) is 5.73 Å². The van der Waals surface area contributed by atoms with Crippen molar-refractivity contribution in [1.29, 1.82) is 0 Å². The average Bonchev–Trinajstić information content (AvgIpc) is 2.38. The van der Waals surface area contributed by atoms with Gasteiger partial charge in [0.25, 0.3) is 0 Å². The second kappa shape index (κ2) is 7.97. The zero-order valence-electron chi connectivity index (χ0n) is 11.7. The molecule has 0 aliphatic heterocycles. The van der Waals surface area contributed by atoms with Crippen LogP contribution in [0, 0.1) is 5.82 Å². The quantitative estimate of drug-likeness (QED) is 0.720. The number of benzene rings is 1. The minimum atomic E-state index is -3.85. The molecule has 1 unspecified atom stereocenters. The van der Waals surface area contributed by atoms with Crippen molar-refractivity contribution in [3.63, 3.8) is 0 Å². The predicted molar refractivity (Wildman–Crippen MR) is 81.7 cm³/mol. The van der Waals surface area contributed by atoms with Gasteiger partial charge >= 0.3 is 0 Å². The maximum absolute atomic E-state index is 13.7. The first kappa shape index (κ1) is 17.4. The zero-order valence-corrected chi connectivity index (χ0v) is 13.4. The van der Waals surface area contributed by atoms with Gasteiger partial charge in [-0.1, -0.05) is 13.0 Å². The van der Waals surface area contributed by atoms with Crippen LogP contribution in [0.25, 0.3) is 0 Å². The molecule has 1 rings (SSSR count). The molecule has 0 heterocycles. The standard InChI is InChI=1S/C13H21FN2O2S2/c1-3-19-7-6-10(2)16-20(17,18)13-8-11(9-15)4-5-12(13)14/h4-5,8,10,16H,3,6-7,9,15H2,1-2H3. The van der Waals surface area contributed by atoms with Crippen molar-refractivity contribution in [2.45, 2.75) is 37.8 Å². The molecule has 0 aliphatic rings. The van der Waals surface area contributed by atoms with Crippen molar-refractivity contribution in [1.82, 2.24) is 4.72 Å². The van der Waals surface area contributed by atoms with Gasteiger partial charge in [-0.05, 0) is 42.5 Å². The third-order valence-electron chi connectivity index (χ3n) is 2.78. The smallest absolute Gasteiger partial charge is 0.243 e. The maximum atomic E-state index is 13.7. The highest BCUT2D eigenvalue weighted by Gasteiger charge is 2.21. The molecule has 20 heavy (non-hydrogen) atoms. The van der Waals surface area contributed by atoms with E-state index in [9.17, 15) is 12.8 Å². The topological polar surface area (TPSA) is 72.2 Å². The monoisotopic (exact) mass is 320 g/mol. The summed E-state index contributed by atoms with van der Waals surface area (Å²) < 4.78 is 40.5. The van der Waals surface area contributed by atoms with Crippen LogP contribution in [-0.4, -0.2) is 26.0 Å². The van der Waals surface area contributed by atoms with Gasteiger partial charge in [-0.15, -0.1) is 0 Å². The van der Waals surface area contributed by atoms with Crippen LogP contribution in [0.5, 0.6) is 0 Å². The SMILES string of the molecule is CCSCCC(C)NS(=O)(=O)c1cc(CN)ccc1F. The van der Waals surface area contributed by atoms with Crippen LogP contribution in [0.15, 0.2) is 23.1 Å². The minimum Gasteiger partial charge on any atom is -0.326 e. The number of nitrogens with one attached hydrogen (secondary N) is 1. The van der Waals surface area contributed by atoms with Crippen molar-refractivity contribution >= 4 is 21.8 Å². The Balaban J connectivity index is 2.83. The van der Waals surface area contributed by atoms with E-state index >= 15 is 0 Å². The molecule has 0 fully saturated rings. The Morgan fingerprint density at radius 3 is 2.75 bits per heavy atom. The lowest BCUT2D eigenvalue weighted by Gasteiger charge is -2.14. The Bertz CT molecular complexity index is 535. The van der Waals surface area contributed by atoms with E-state index in [2.05, 4.69) is 4.72 Å². The summed E-state index contributed by atoms with van der Waals surface area (Å²) in [5.74, 6) is 1.10. The number of sulfonamides is 1. The summed E-state index contributed by atoms with van der Waals surface area (Å²) in [6.07, 6.45) is 0.704. The van der Waals surface area contributed by atoms with Gasteiger partial charge in [-0.2, -0.15) is 11.8 Å². The first-order chi connectivity index (χ1) is 9.40. The largest absolute Gasteiger partial charge is 0.326 e. The molecule has 1 atom stereocenters. The summed E-state index contributed by atoms with van der Waals surface area (Å²) in [6, 6.07) is 3.66. The number of halogens is 1. The number of thioether (sulfide) groups is 1. The van der Waals surface area contributed by atoms with Crippen LogP contribution in [0.1, 0.15) is 25.8 Å². The van der Waals surface area contributed by atoms with Gasteiger partial charge in [-0.25, -0.2) is 17.5 Å². The second-order valence-electron chi connectivity index (χ2n) is 4.48. The van der Waals surface area contributed by atoms with Gasteiger partial charge < -0.3 is 5.73 Å². The molecule has 1 aromatic rings. The molecule has 3 N–H and O–H groups in total. The molecule has 1 aromatic carbocycles. The Hall–Kier alpha value is -0.630. The lowest BCUT2D eigenvalue weighted by atomic mass is 10.2. The number of rotatable bonds is 8. The highest BCUT2D eigenvalue weighted by molar-refractivity contribution is 7.99. The molecule has 0 amide bonds. The van der Waals surface area contributed by atoms with Gasteiger partial charge in [0.05, 0.1) is 0 Å². The number of hydrogen-bond acceptors (Lipinski definition) is 4. The van der Waals surface area contributed by atoms with Crippen LogP contribution in [0.2, 0.25) is 0 Å². The maximum Gasteiger partial charge on any atom is 0.243 e. The lowest BCUT2D eigenvalue weighted by molar-refractivity contribution is 0.540. The van der Waals surface area contributed by atoms with Crippen molar-refractivity contribution < 1.29 is 12.8 Å². The highest BCUT2D eigenvalue weighted by Crippen LogP contribution is 2.17. The van der Waals surface area contributed by atoms with Gasteiger partial charge in [-0.3, -0.25) is 0 Å². The van der Waals surface area contributed by atoms with Gasteiger partial charge in [0.2, 0.25) is 10.0 Å². The Morgan fingerprint density at radius 2 is 2.15 bits per heavy atom. The fourth-order valence-electron chi connectivity index (χ4n) is 1.67. The molecular formula is C13H21FN2O2S2. The van der Waals surface area contributed by atoms with Gasteiger partial charge in [0, 0.05) is 12.6 Å². The minimum absolute atomic E-state index is 0.172. The third-order valence-corrected chi connectivity index (χ3v) is 5.31. The first-order valence-electron chi connectivity index (χ1n) is 6.49. The summed E-state index contributed by atoms with van der Waals surface area (Å²) in [5.41, 5.74) is 6.04. The number of hydrogen-bond donors (Lipinski definition) is 2. The molecular weight excluding hydrogens is 299 g/mol. The second-order valence-corrected chi connectivity index (χ2v) is 7.55. The van der Waals surface area contributed by atoms with Crippen LogP contribution >= 0.6 is 11.8 Å². The Kier molecular flexibility index (Phi) is 6.94. The van der Waals surface area contributed by atoms with Gasteiger partial charge in [0.1, 0.15) is 10.7 Å². The van der Waals surface area contributed by atoms with E-state index in [-0.39, 0.29) is 17.5 Å². The molecule has 0 saturated carbocycles. The molecule has 0 aliphatic carbocycles. The Labute approximate surface area is 124 Å². The van der Waals surface area contributed by atoms with E-state index in [0.717, 1.165) is 17.6 Å². The molecule has 0 aromatic heterocycles. The van der Waals surface area contributed by atoms with Crippen molar-refractivity contribution in [2.75, 3.05) is 11.5 Å². The normalized spacial score (nSPS) is 13.4. The summed E-state index contributed by atoms with van der Waals surface area (Å²) in [6.45, 7) is 4.00. The van der Waals surface area contributed by atoms with Crippen LogP contribution in [-0.2, 0) is 16.6 Å². The van der Waals surface area contributed by atoms with E-state index < -0.39 is 15.8 Å². The van der Waals surface area contributed by atoms with Crippen LogP contribution in [0.3, 0.4) is 0 Å². The molecule has 0 radical (unpaired) electrons. The van der Waals surface area contributed by atoms with E-state index in [0.29, 0.717) is 12.0 Å². The fourth-order valence-corrected chi connectivity index (χ4v) is 3.89. The first-order valence-corrected chi connectivity index (χ1v) is 9.13. The van der Waals surface area contributed by atoms with E-state index in [1.807, 2.05) is 6.92 Å². The van der Waals surface area contributed by atoms with Crippen LogP contribution < -0.4 is 10.5 Å². The molecule has 0 bridgehead atoms. The van der Waals surface area contributed by atoms with Gasteiger partial charge in [0.15, 0.2) is 0 Å². The third kappa shape index (κ3) is 5.05. The zero-order chi connectivity index (χ0) is 15.2. The molecule has 0 saturated heterocycles. The Morgan fingerprint density at radius 1 is 1.45 bits per heavy atom. The highest BCUT2D eigenvalue weighted by atomic mass is 32.2. The van der Waals surface area contributed by atoms with E-state index in [1.165, 1.54) is 12.1 Å². The summed E-state index contributed by atoms with van der Waals surface area (Å²) in [5, 5.41) is 0. The summed E-state index contributed by atoms with van der Waals surface area (Å²) in [7, 11) is -3.85. The van der Waals surface area contributed by atoms with Crippen molar-refractivity contribution in [2.24, 2.45) is 5.73 Å². The molecule has 114 valence electrons. The number of nitrogens with two attached hydrogens (primary N) is 1. The summed E-state index contributed by atoms with van der Waals surface area (Å²) in [4.78, 5) is -0.338. The van der Waals surface area contributed by atoms with Crippen molar-refractivity contribution in [3.05, 3.63) is 29.6 Å². The van der Waals surface area contributed by atoms with Crippen LogP contribution in [0.4, 0.5) is 4.39 Å². The molecule has 4 nitrogen and oxygen atoms in total. The summed E-state index contributed by atoms with van der Waals surface area (Å²) >= 11 is 1.74. The van der Waals surface area contributed by atoms with E-state index in [1.54, 1.807) is 18.7 Å². The predicted octanol–water partition coefficient (Wildman–Crippen LogP) is 2.09.